The molecule has 0 atom stereocenters. The molecule has 1 amide bonds. The van der Waals surface area contributed by atoms with Gasteiger partial charge in [0.05, 0.1) is 16.6 Å². The molecule has 0 aliphatic heterocycles. The summed E-state index contributed by atoms with van der Waals surface area (Å²) in [5, 5.41) is 4.48. The lowest BCUT2D eigenvalue weighted by Crippen LogP contribution is -2.42. The highest BCUT2D eigenvalue weighted by Gasteiger charge is 2.53. The second-order valence-electron chi connectivity index (χ2n) is 6.91. The van der Waals surface area contributed by atoms with Crippen molar-refractivity contribution in [2.24, 2.45) is 16.8 Å². The maximum atomic E-state index is 14.3. The molecule has 0 unspecified atom stereocenters. The van der Waals surface area contributed by atoms with Crippen molar-refractivity contribution in [3.05, 3.63) is 27.0 Å². The fourth-order valence-corrected chi connectivity index (χ4v) is 7.06. The molecule has 1 heterocycles. The number of ether oxygens (including phenoxy) is 1. The molecular weight excluding hydrogens is 533 g/mol. The third-order valence-corrected chi connectivity index (χ3v) is 9.55. The molecule has 1 saturated carbocycles. The first-order valence-corrected chi connectivity index (χ1v) is 13.1. The van der Waals surface area contributed by atoms with Crippen molar-refractivity contribution in [1.82, 2.24) is 0 Å². The van der Waals surface area contributed by atoms with Crippen LogP contribution >= 0.6 is 34.9 Å². The third-order valence-electron chi connectivity index (χ3n) is 4.75. The highest BCUT2D eigenvalue weighted by atomic mass is 79.9. The van der Waals surface area contributed by atoms with Gasteiger partial charge in [-0.1, -0.05) is 0 Å². The summed E-state index contributed by atoms with van der Waals surface area (Å²) in [7, 11) is -9.47. The van der Waals surface area contributed by atoms with Crippen LogP contribution in [0.4, 0.5) is 8.78 Å². The molecule has 1 aromatic carbocycles. The van der Waals surface area contributed by atoms with E-state index in [-0.39, 0.29) is 51.2 Å². The lowest BCUT2D eigenvalue weighted by Gasteiger charge is -2.33. The molecule has 6 N–H and O–H groups in total. The predicted octanol–water partition coefficient (Wildman–Crippen LogP) is 2.44. The van der Waals surface area contributed by atoms with Crippen molar-refractivity contribution in [2.45, 2.75) is 23.8 Å². The van der Waals surface area contributed by atoms with Crippen LogP contribution in [0.5, 0.6) is 5.75 Å². The Hall–Kier alpha value is -1.15. The van der Waals surface area contributed by atoms with Crippen LogP contribution in [0.1, 0.15) is 28.1 Å². The fourth-order valence-electron chi connectivity index (χ4n) is 3.00. The van der Waals surface area contributed by atoms with Crippen LogP contribution in [0.15, 0.2) is 16.6 Å². The zero-order chi connectivity index (χ0) is 22.6. The summed E-state index contributed by atoms with van der Waals surface area (Å²) in [5.74, 6) is -1.00. The van der Waals surface area contributed by atoms with E-state index in [0.717, 1.165) is 0 Å². The Morgan fingerprint density at radius 1 is 1.37 bits per heavy atom. The van der Waals surface area contributed by atoms with Crippen LogP contribution in [0, 0.1) is 5.92 Å². The average Bonchev–Trinajstić information content (AvgIpc) is 2.88. The minimum atomic E-state index is -5.82. The van der Waals surface area contributed by atoms with E-state index in [2.05, 4.69) is 15.9 Å². The van der Waals surface area contributed by atoms with Crippen LogP contribution in [0.3, 0.4) is 0 Å². The van der Waals surface area contributed by atoms with E-state index in [1.54, 1.807) is 0 Å². The molecule has 15 heteroatoms. The Kier molecular flexibility index (Phi) is 6.09. The maximum absolute atomic E-state index is 14.3. The number of thiophene rings is 1. The molecule has 30 heavy (non-hydrogen) atoms. The van der Waals surface area contributed by atoms with Crippen molar-refractivity contribution in [3.8, 4) is 5.75 Å². The number of fused-ring (bicyclic) bond motifs is 1. The number of sulfonamides is 1. The summed E-state index contributed by atoms with van der Waals surface area (Å²) < 4.78 is 67.9. The third kappa shape index (κ3) is 4.27. The van der Waals surface area contributed by atoms with Gasteiger partial charge in [-0.2, -0.15) is 8.78 Å². The number of hydrogen-bond acceptors (Lipinski definition) is 6. The summed E-state index contributed by atoms with van der Waals surface area (Å²) in [4.78, 5) is 28.8. The number of nitrogens with two attached hydrogens (primary N) is 2. The maximum Gasteiger partial charge on any atom is 0.400 e. The van der Waals surface area contributed by atoms with Crippen molar-refractivity contribution < 1.29 is 41.1 Å². The quantitative estimate of drug-likeness (QED) is 0.385. The smallest absolute Gasteiger partial charge is 0.400 e. The number of hydrogen-bond donors (Lipinski definition) is 4. The number of amides is 1. The van der Waals surface area contributed by atoms with Gasteiger partial charge in [-0.15, -0.1) is 11.3 Å². The number of primary amides is 1. The van der Waals surface area contributed by atoms with Gasteiger partial charge < -0.3 is 20.3 Å². The SMILES string of the molecule is NC(=O)c1cc(OCC2CC(S(N)(=O)=O)C2)c2sc(C(F)(F)P(=O)(O)O)c(Br)c2c1. The fraction of sp³-hybridized carbons (Fsp3) is 0.400. The summed E-state index contributed by atoms with van der Waals surface area (Å²) in [6.07, 6.45) is 0.542. The van der Waals surface area contributed by atoms with Crippen LogP contribution in [0.25, 0.3) is 10.1 Å². The second-order valence-corrected chi connectivity index (χ2v) is 12.2. The van der Waals surface area contributed by atoms with Crippen molar-refractivity contribution in [3.63, 3.8) is 0 Å². The van der Waals surface area contributed by atoms with Crippen LogP contribution in [-0.2, 0) is 20.3 Å². The van der Waals surface area contributed by atoms with Crippen LogP contribution < -0.4 is 15.6 Å². The molecular formula is C15H16BrF2N2O7PS2. The Morgan fingerprint density at radius 2 is 1.97 bits per heavy atom. The number of carbonyl (C=O) groups excluding carboxylic acids is 1. The Labute approximate surface area is 181 Å². The monoisotopic (exact) mass is 548 g/mol. The lowest BCUT2D eigenvalue weighted by atomic mass is 9.85. The highest BCUT2D eigenvalue weighted by molar-refractivity contribution is 9.10. The van der Waals surface area contributed by atoms with Gasteiger partial charge in [0.15, 0.2) is 0 Å². The Balaban J connectivity index is 1.98. The van der Waals surface area contributed by atoms with E-state index in [1.807, 2.05) is 0 Å². The number of benzene rings is 1. The number of halogens is 3. The van der Waals surface area contributed by atoms with E-state index in [4.69, 9.17) is 25.4 Å². The summed E-state index contributed by atoms with van der Waals surface area (Å²) >= 11 is 3.34. The molecule has 0 saturated heterocycles. The number of carbonyl (C=O) groups is 1. The Morgan fingerprint density at radius 3 is 2.47 bits per heavy atom. The van der Waals surface area contributed by atoms with Gasteiger partial charge in [0.1, 0.15) is 10.6 Å². The largest absolute Gasteiger partial charge is 0.492 e. The molecule has 0 bridgehead atoms. The van der Waals surface area contributed by atoms with Crippen molar-refractivity contribution in [2.75, 3.05) is 6.61 Å². The summed E-state index contributed by atoms with van der Waals surface area (Å²) in [6.45, 7) is 0.0308. The molecule has 1 fully saturated rings. The molecule has 9 nitrogen and oxygen atoms in total. The van der Waals surface area contributed by atoms with E-state index >= 15 is 0 Å². The van der Waals surface area contributed by atoms with E-state index in [9.17, 15) is 26.6 Å². The predicted molar refractivity (Wildman–Crippen MR) is 109 cm³/mol. The number of rotatable bonds is 7. The molecule has 0 radical (unpaired) electrons. The summed E-state index contributed by atoms with van der Waals surface area (Å²) in [6, 6.07) is 2.45. The first-order chi connectivity index (χ1) is 13.6. The highest BCUT2D eigenvalue weighted by Crippen LogP contribution is 2.63. The van der Waals surface area contributed by atoms with Crippen LogP contribution in [0.2, 0.25) is 0 Å². The van der Waals surface area contributed by atoms with Gasteiger partial charge in [-0.05, 0) is 46.8 Å². The molecule has 2 aromatic rings. The molecule has 166 valence electrons. The zero-order valence-corrected chi connectivity index (χ0v) is 19.0. The minimum Gasteiger partial charge on any atom is -0.492 e. The molecule has 3 rings (SSSR count). The Bertz CT molecular complexity index is 1180. The van der Waals surface area contributed by atoms with Crippen molar-refractivity contribution in [1.29, 1.82) is 0 Å². The van der Waals surface area contributed by atoms with Crippen LogP contribution in [-0.4, -0.2) is 36.0 Å². The van der Waals surface area contributed by atoms with Gasteiger partial charge in [-0.3, -0.25) is 9.36 Å². The number of alkyl halides is 2. The molecule has 0 spiro atoms. The van der Waals surface area contributed by atoms with E-state index in [0.29, 0.717) is 11.3 Å². The zero-order valence-electron chi connectivity index (χ0n) is 14.9. The number of primary sulfonamides is 1. The molecule has 1 aliphatic rings. The van der Waals surface area contributed by atoms with Crippen molar-refractivity contribution >= 4 is 60.9 Å². The average molecular weight is 549 g/mol. The standard InChI is InChI=1S/C15H16BrF2N2O7PS2/c16-11-9-3-7(14(19)21)4-10(27-5-6-1-8(2-6)30(20,25)26)12(9)29-13(11)15(17,18)28(22,23)24/h3-4,6,8H,1-2,5H2,(H2,19,21)(H2,20,25,26)(H2,22,23,24). The first kappa shape index (κ1) is 23.5. The second kappa shape index (κ2) is 7.76. The van der Waals surface area contributed by atoms with Gasteiger partial charge >= 0.3 is 13.3 Å². The van der Waals surface area contributed by atoms with Gasteiger partial charge in [0.25, 0.3) is 0 Å². The molecule has 1 aliphatic carbocycles. The lowest BCUT2D eigenvalue weighted by molar-refractivity contribution is 0.0595. The molecule has 1 aromatic heterocycles. The van der Waals surface area contributed by atoms with Gasteiger partial charge in [0, 0.05) is 15.4 Å². The topological polar surface area (TPSA) is 170 Å². The van der Waals surface area contributed by atoms with E-state index < -0.39 is 39.3 Å². The minimum absolute atomic E-state index is 0.0128. The first-order valence-electron chi connectivity index (χ1n) is 8.27. The normalized spacial score (nSPS) is 20.2. The van der Waals surface area contributed by atoms with E-state index in [1.165, 1.54) is 12.1 Å². The van der Waals surface area contributed by atoms with Gasteiger partial charge in [0.2, 0.25) is 15.9 Å². The van der Waals surface area contributed by atoms with Gasteiger partial charge in [-0.25, -0.2) is 13.6 Å². The summed E-state index contributed by atoms with van der Waals surface area (Å²) in [5.41, 5.74) is 0.766.